The molecule has 0 saturated carbocycles. The Bertz CT molecular complexity index is 1220. The molecule has 3 aromatic rings. The van der Waals surface area contributed by atoms with Gasteiger partial charge in [0.2, 0.25) is 0 Å². The van der Waals surface area contributed by atoms with Gasteiger partial charge in [-0.3, -0.25) is 4.55 Å². The molecule has 0 fully saturated rings. The molecule has 166 valence electrons. The smallest absolute Gasteiger partial charge is 0.294 e. The number of hydrogen-bond acceptors (Lipinski definition) is 3. The van der Waals surface area contributed by atoms with Crippen molar-refractivity contribution in [1.29, 1.82) is 0 Å². The molecule has 0 radical (unpaired) electrons. The SMILES string of the molecule is CC(C)c1ccc(/C=C/c2ccc(/C=C/c3ccc(N(C)C)cc3)cc2)cc1S(=O)(=O)O. The second kappa shape index (κ2) is 9.98. The Morgan fingerprint density at radius 3 is 1.53 bits per heavy atom. The molecule has 0 amide bonds. The fraction of sp³-hybridized carbons (Fsp3) is 0.185. The predicted molar refractivity (Wildman–Crippen MR) is 135 cm³/mol. The fourth-order valence-electron chi connectivity index (χ4n) is 3.34. The minimum atomic E-state index is -4.27. The van der Waals surface area contributed by atoms with Crippen molar-refractivity contribution in [3.05, 3.63) is 94.5 Å². The molecule has 3 aromatic carbocycles. The molecule has 0 spiro atoms. The average Bonchev–Trinajstić information content (AvgIpc) is 2.76. The summed E-state index contributed by atoms with van der Waals surface area (Å²) in [4.78, 5) is 2.04. The molecule has 0 aliphatic carbocycles. The van der Waals surface area contributed by atoms with Gasteiger partial charge in [-0.15, -0.1) is 0 Å². The molecule has 0 heterocycles. The van der Waals surface area contributed by atoms with Crippen LogP contribution in [0, 0.1) is 0 Å². The summed E-state index contributed by atoms with van der Waals surface area (Å²) in [6, 6.07) is 21.6. The van der Waals surface area contributed by atoms with E-state index in [1.54, 1.807) is 6.07 Å². The first-order valence-electron chi connectivity index (χ1n) is 10.5. The summed E-state index contributed by atoms with van der Waals surface area (Å²) in [5, 5.41) is 0. The van der Waals surface area contributed by atoms with E-state index < -0.39 is 10.1 Å². The Kier molecular flexibility index (Phi) is 7.33. The third-order valence-electron chi connectivity index (χ3n) is 5.22. The topological polar surface area (TPSA) is 57.6 Å². The number of nitrogens with zero attached hydrogens (tertiary/aromatic N) is 1. The van der Waals surface area contributed by atoms with Gasteiger partial charge < -0.3 is 4.90 Å². The summed E-state index contributed by atoms with van der Waals surface area (Å²) in [7, 11) is -0.224. The van der Waals surface area contributed by atoms with Crippen molar-refractivity contribution in [2.24, 2.45) is 0 Å². The van der Waals surface area contributed by atoms with Gasteiger partial charge in [0.25, 0.3) is 10.1 Å². The summed E-state index contributed by atoms with van der Waals surface area (Å²) in [6.07, 6.45) is 7.92. The first kappa shape index (κ1) is 23.5. The molecule has 0 aliphatic heterocycles. The first-order chi connectivity index (χ1) is 15.1. The number of anilines is 1. The number of benzene rings is 3. The van der Waals surface area contributed by atoms with E-state index in [0.717, 1.165) is 16.7 Å². The van der Waals surface area contributed by atoms with Crippen LogP contribution in [0.3, 0.4) is 0 Å². The largest absolute Gasteiger partial charge is 0.378 e. The van der Waals surface area contributed by atoms with Gasteiger partial charge in [-0.05, 0) is 51.9 Å². The highest BCUT2D eigenvalue weighted by Crippen LogP contribution is 2.26. The van der Waals surface area contributed by atoms with Gasteiger partial charge in [-0.25, -0.2) is 0 Å². The molecular formula is C27H29NO3S. The first-order valence-corrected chi connectivity index (χ1v) is 11.9. The summed E-state index contributed by atoms with van der Waals surface area (Å²) in [6.45, 7) is 3.79. The lowest BCUT2D eigenvalue weighted by Crippen LogP contribution is -2.07. The van der Waals surface area contributed by atoms with Crippen LogP contribution >= 0.6 is 0 Å². The van der Waals surface area contributed by atoms with Crippen molar-refractivity contribution in [2.75, 3.05) is 19.0 Å². The Morgan fingerprint density at radius 1 is 0.719 bits per heavy atom. The standard InChI is InChI=1S/C27H29NO3S/c1-20(2)26-18-15-24(19-27(26)32(29,30)31)12-11-22-7-5-21(6-8-22)9-10-23-13-16-25(17-14-23)28(3)4/h5-20H,1-4H3,(H,29,30,31)/b10-9+,12-11+. The van der Waals surface area contributed by atoms with Gasteiger partial charge in [-0.1, -0.05) is 86.7 Å². The van der Waals surface area contributed by atoms with Gasteiger partial charge in [0, 0.05) is 19.8 Å². The Balaban J connectivity index is 1.73. The molecule has 0 unspecified atom stereocenters. The van der Waals surface area contributed by atoms with E-state index >= 15 is 0 Å². The summed E-state index contributed by atoms with van der Waals surface area (Å²) < 4.78 is 33.1. The fourth-order valence-corrected chi connectivity index (χ4v) is 4.23. The molecule has 0 saturated heterocycles. The van der Waals surface area contributed by atoms with Gasteiger partial charge in [0.1, 0.15) is 0 Å². The van der Waals surface area contributed by atoms with Gasteiger partial charge in [0.05, 0.1) is 4.90 Å². The highest BCUT2D eigenvalue weighted by molar-refractivity contribution is 7.85. The zero-order valence-electron chi connectivity index (χ0n) is 18.9. The monoisotopic (exact) mass is 447 g/mol. The van der Waals surface area contributed by atoms with Crippen LogP contribution in [0.2, 0.25) is 0 Å². The Morgan fingerprint density at radius 2 is 1.12 bits per heavy atom. The van der Waals surface area contributed by atoms with Crippen molar-refractivity contribution >= 4 is 40.1 Å². The molecule has 1 N–H and O–H groups in total. The molecule has 5 heteroatoms. The van der Waals surface area contributed by atoms with E-state index in [1.165, 1.54) is 11.8 Å². The van der Waals surface area contributed by atoms with Crippen LogP contribution in [0.15, 0.2) is 71.6 Å². The van der Waals surface area contributed by atoms with Crippen molar-refractivity contribution < 1.29 is 13.0 Å². The normalized spacial score (nSPS) is 12.2. The molecule has 3 rings (SSSR count). The Hall–Kier alpha value is -3.15. The van der Waals surface area contributed by atoms with Crippen LogP contribution < -0.4 is 4.90 Å². The Labute approximate surface area is 191 Å². The van der Waals surface area contributed by atoms with E-state index in [2.05, 4.69) is 41.3 Å². The van der Waals surface area contributed by atoms with Gasteiger partial charge in [-0.2, -0.15) is 8.42 Å². The molecule has 0 aliphatic rings. The van der Waals surface area contributed by atoms with Crippen LogP contribution in [-0.4, -0.2) is 27.1 Å². The van der Waals surface area contributed by atoms with E-state index in [4.69, 9.17) is 0 Å². The van der Waals surface area contributed by atoms with Gasteiger partial charge in [0.15, 0.2) is 0 Å². The number of hydrogen-bond donors (Lipinski definition) is 1. The maximum atomic E-state index is 11.8. The third-order valence-corrected chi connectivity index (χ3v) is 6.13. The second-order valence-corrected chi connectivity index (χ2v) is 9.64. The molecule has 0 bridgehead atoms. The molecular weight excluding hydrogens is 418 g/mol. The predicted octanol–water partition coefficient (Wildman–Crippen LogP) is 6.46. The quantitative estimate of drug-likeness (QED) is 0.333. The lowest BCUT2D eigenvalue weighted by atomic mass is 10.0. The summed E-state index contributed by atoms with van der Waals surface area (Å²) in [5.41, 5.74) is 5.72. The lowest BCUT2D eigenvalue weighted by molar-refractivity contribution is 0.481. The minimum absolute atomic E-state index is 0.00326. The van der Waals surface area contributed by atoms with Crippen molar-refractivity contribution in [2.45, 2.75) is 24.7 Å². The van der Waals surface area contributed by atoms with Crippen LogP contribution in [0.1, 0.15) is 47.6 Å². The molecule has 0 atom stereocenters. The highest BCUT2D eigenvalue weighted by Gasteiger charge is 2.17. The molecule has 0 aromatic heterocycles. The van der Waals surface area contributed by atoms with Crippen molar-refractivity contribution in [1.82, 2.24) is 0 Å². The van der Waals surface area contributed by atoms with Crippen LogP contribution in [0.5, 0.6) is 0 Å². The number of rotatable bonds is 7. The molecule has 4 nitrogen and oxygen atoms in total. The van der Waals surface area contributed by atoms with Crippen LogP contribution in [-0.2, 0) is 10.1 Å². The molecule has 32 heavy (non-hydrogen) atoms. The van der Waals surface area contributed by atoms with E-state index in [0.29, 0.717) is 11.1 Å². The zero-order chi connectivity index (χ0) is 23.3. The maximum absolute atomic E-state index is 11.8. The van der Waals surface area contributed by atoms with E-state index in [9.17, 15) is 13.0 Å². The third kappa shape index (κ3) is 6.19. The van der Waals surface area contributed by atoms with E-state index in [-0.39, 0.29) is 10.8 Å². The van der Waals surface area contributed by atoms with E-state index in [1.807, 2.05) is 70.4 Å². The lowest BCUT2D eigenvalue weighted by Gasteiger charge is -2.11. The summed E-state index contributed by atoms with van der Waals surface area (Å²) >= 11 is 0. The van der Waals surface area contributed by atoms with Crippen LogP contribution in [0.25, 0.3) is 24.3 Å². The van der Waals surface area contributed by atoms with Gasteiger partial charge >= 0.3 is 0 Å². The average molecular weight is 448 g/mol. The van der Waals surface area contributed by atoms with Crippen molar-refractivity contribution in [3.8, 4) is 0 Å². The minimum Gasteiger partial charge on any atom is -0.378 e. The second-order valence-electron chi connectivity index (χ2n) is 8.25. The van der Waals surface area contributed by atoms with Crippen molar-refractivity contribution in [3.63, 3.8) is 0 Å². The zero-order valence-corrected chi connectivity index (χ0v) is 19.7. The highest BCUT2D eigenvalue weighted by atomic mass is 32.2. The van der Waals surface area contributed by atoms with Crippen LogP contribution in [0.4, 0.5) is 5.69 Å². The maximum Gasteiger partial charge on any atom is 0.294 e. The summed E-state index contributed by atoms with van der Waals surface area (Å²) in [5.74, 6) is -0.00326.